The number of methoxy groups -OCH3 is 1. The Morgan fingerprint density at radius 2 is 2.29 bits per heavy atom. The lowest BCUT2D eigenvalue weighted by molar-refractivity contribution is 0.129. The molecule has 1 aliphatic rings. The third-order valence-electron chi connectivity index (χ3n) is 3.93. The number of amides is 2. The van der Waals surface area contributed by atoms with E-state index in [4.69, 9.17) is 4.74 Å². The molecule has 116 valence electrons. The molecule has 0 bridgehead atoms. The van der Waals surface area contributed by atoms with Gasteiger partial charge < -0.3 is 20.1 Å². The van der Waals surface area contributed by atoms with Crippen LogP contribution in [-0.4, -0.2) is 49.4 Å². The van der Waals surface area contributed by atoms with E-state index >= 15 is 0 Å². The first-order chi connectivity index (χ1) is 10.2. The Kier molecular flexibility index (Phi) is 5.87. The summed E-state index contributed by atoms with van der Waals surface area (Å²) in [6.07, 6.45) is 2.71. The second-order valence-corrected chi connectivity index (χ2v) is 5.43. The zero-order valence-corrected chi connectivity index (χ0v) is 12.5. The monoisotopic (exact) mass is 292 g/mol. The summed E-state index contributed by atoms with van der Waals surface area (Å²) in [4.78, 5) is 13.9. The molecule has 1 aromatic rings. The van der Waals surface area contributed by atoms with Gasteiger partial charge in [-0.2, -0.15) is 0 Å². The van der Waals surface area contributed by atoms with Gasteiger partial charge in [-0.25, -0.2) is 4.79 Å². The number of aliphatic hydroxyl groups excluding tert-OH is 1. The zero-order chi connectivity index (χ0) is 15.1. The van der Waals surface area contributed by atoms with Crippen molar-refractivity contribution in [1.29, 1.82) is 0 Å². The van der Waals surface area contributed by atoms with E-state index in [2.05, 4.69) is 5.32 Å². The standard InChI is InChI=1S/C16H24N2O3/c1-21-15-7-3-2-6-14(15)8-9-17-16(20)18-10-4-5-13(11-18)12-19/h2-3,6-7,13,19H,4-5,8-12H2,1H3,(H,17,20). The highest BCUT2D eigenvalue weighted by atomic mass is 16.5. The number of ether oxygens (including phenoxy) is 1. The number of aliphatic hydroxyl groups is 1. The van der Waals surface area contributed by atoms with E-state index in [1.165, 1.54) is 0 Å². The number of carbonyl (C=O) groups is 1. The maximum absolute atomic E-state index is 12.1. The Hall–Kier alpha value is -1.75. The number of rotatable bonds is 5. The van der Waals surface area contributed by atoms with Gasteiger partial charge in [0.25, 0.3) is 0 Å². The maximum Gasteiger partial charge on any atom is 0.317 e. The van der Waals surface area contributed by atoms with Crippen molar-refractivity contribution in [1.82, 2.24) is 10.2 Å². The summed E-state index contributed by atoms with van der Waals surface area (Å²) in [6.45, 7) is 2.17. The number of hydrogen-bond donors (Lipinski definition) is 2. The predicted molar refractivity (Wildman–Crippen MR) is 81.5 cm³/mol. The largest absolute Gasteiger partial charge is 0.496 e. The molecule has 1 fully saturated rings. The van der Waals surface area contributed by atoms with E-state index in [1.807, 2.05) is 24.3 Å². The third-order valence-corrected chi connectivity index (χ3v) is 3.93. The molecule has 5 nitrogen and oxygen atoms in total. The predicted octanol–water partition coefficient (Wildman–Crippen LogP) is 1.65. The van der Waals surface area contributed by atoms with Gasteiger partial charge in [0.1, 0.15) is 5.75 Å². The number of nitrogens with zero attached hydrogens (tertiary/aromatic N) is 1. The van der Waals surface area contributed by atoms with Crippen molar-refractivity contribution in [2.45, 2.75) is 19.3 Å². The number of likely N-dealkylation sites (tertiary alicyclic amines) is 1. The van der Waals surface area contributed by atoms with E-state index < -0.39 is 0 Å². The van der Waals surface area contributed by atoms with Crippen molar-refractivity contribution in [2.75, 3.05) is 33.4 Å². The fourth-order valence-electron chi connectivity index (χ4n) is 2.72. The lowest BCUT2D eigenvalue weighted by Gasteiger charge is -2.31. The minimum Gasteiger partial charge on any atom is -0.496 e. The minimum absolute atomic E-state index is 0.0388. The van der Waals surface area contributed by atoms with Crippen molar-refractivity contribution in [3.8, 4) is 5.75 Å². The highest BCUT2D eigenvalue weighted by Gasteiger charge is 2.22. The van der Waals surface area contributed by atoms with Gasteiger partial charge in [0, 0.05) is 26.2 Å². The van der Waals surface area contributed by atoms with Crippen molar-refractivity contribution < 1.29 is 14.6 Å². The Labute approximate surface area is 125 Å². The summed E-state index contributed by atoms with van der Waals surface area (Å²) in [6, 6.07) is 7.80. The normalized spacial score (nSPS) is 18.4. The molecular formula is C16H24N2O3. The number of para-hydroxylation sites is 1. The van der Waals surface area contributed by atoms with Crippen LogP contribution in [0.15, 0.2) is 24.3 Å². The van der Waals surface area contributed by atoms with Crippen molar-refractivity contribution in [2.24, 2.45) is 5.92 Å². The lowest BCUT2D eigenvalue weighted by Crippen LogP contribution is -2.46. The van der Waals surface area contributed by atoms with Crippen LogP contribution < -0.4 is 10.1 Å². The average molecular weight is 292 g/mol. The van der Waals surface area contributed by atoms with Crippen LogP contribution in [0, 0.1) is 5.92 Å². The highest BCUT2D eigenvalue weighted by molar-refractivity contribution is 5.74. The van der Waals surface area contributed by atoms with Gasteiger partial charge in [-0.15, -0.1) is 0 Å². The molecule has 1 unspecified atom stereocenters. The summed E-state index contributed by atoms with van der Waals surface area (Å²) in [7, 11) is 1.65. The number of carbonyl (C=O) groups excluding carboxylic acids is 1. The Balaban J connectivity index is 1.79. The van der Waals surface area contributed by atoms with E-state index in [1.54, 1.807) is 12.0 Å². The van der Waals surface area contributed by atoms with Gasteiger partial charge >= 0.3 is 6.03 Å². The second-order valence-electron chi connectivity index (χ2n) is 5.43. The van der Waals surface area contributed by atoms with E-state index in [-0.39, 0.29) is 18.6 Å². The second kappa shape index (κ2) is 7.88. The molecule has 0 saturated carbocycles. The first-order valence-corrected chi connectivity index (χ1v) is 7.50. The Bertz CT molecular complexity index is 465. The van der Waals surface area contributed by atoms with Crippen LogP contribution in [0.2, 0.25) is 0 Å². The minimum atomic E-state index is -0.0388. The van der Waals surface area contributed by atoms with Crippen molar-refractivity contribution in [3.63, 3.8) is 0 Å². The molecule has 0 aromatic heterocycles. The summed E-state index contributed by atoms with van der Waals surface area (Å²) in [5.74, 6) is 1.07. The van der Waals surface area contributed by atoms with E-state index in [0.29, 0.717) is 13.1 Å². The van der Waals surface area contributed by atoms with Crippen LogP contribution in [0.5, 0.6) is 5.75 Å². The summed E-state index contributed by atoms with van der Waals surface area (Å²) in [5.41, 5.74) is 1.09. The molecule has 21 heavy (non-hydrogen) atoms. The van der Waals surface area contributed by atoms with E-state index in [9.17, 15) is 9.90 Å². The summed E-state index contributed by atoms with van der Waals surface area (Å²) < 4.78 is 5.30. The topological polar surface area (TPSA) is 61.8 Å². The Morgan fingerprint density at radius 1 is 1.48 bits per heavy atom. The van der Waals surface area contributed by atoms with Crippen molar-refractivity contribution in [3.05, 3.63) is 29.8 Å². The molecule has 1 saturated heterocycles. The van der Waals surface area contributed by atoms with Gasteiger partial charge in [0.05, 0.1) is 7.11 Å². The summed E-state index contributed by atoms with van der Waals surface area (Å²) >= 11 is 0. The smallest absolute Gasteiger partial charge is 0.317 e. The van der Waals surface area contributed by atoms with Gasteiger partial charge in [0.2, 0.25) is 0 Å². The van der Waals surface area contributed by atoms with Crippen LogP contribution in [0.25, 0.3) is 0 Å². The average Bonchev–Trinajstić information content (AvgIpc) is 2.55. The number of piperidine rings is 1. The Morgan fingerprint density at radius 3 is 3.05 bits per heavy atom. The molecule has 2 N–H and O–H groups in total. The van der Waals surface area contributed by atoms with Gasteiger partial charge in [-0.1, -0.05) is 18.2 Å². The number of urea groups is 1. The molecular weight excluding hydrogens is 268 g/mol. The van der Waals surface area contributed by atoms with Gasteiger partial charge in [0.15, 0.2) is 0 Å². The maximum atomic E-state index is 12.1. The van der Waals surface area contributed by atoms with Crippen LogP contribution in [0.1, 0.15) is 18.4 Å². The highest BCUT2D eigenvalue weighted by Crippen LogP contribution is 2.18. The van der Waals surface area contributed by atoms with Gasteiger partial charge in [-0.05, 0) is 36.8 Å². The fourth-order valence-corrected chi connectivity index (χ4v) is 2.72. The molecule has 1 heterocycles. The molecule has 0 spiro atoms. The SMILES string of the molecule is COc1ccccc1CCNC(=O)N1CCCC(CO)C1. The molecule has 2 rings (SSSR count). The third kappa shape index (κ3) is 4.36. The first kappa shape index (κ1) is 15.6. The van der Waals surface area contributed by atoms with Gasteiger partial charge in [-0.3, -0.25) is 0 Å². The van der Waals surface area contributed by atoms with E-state index in [0.717, 1.165) is 37.1 Å². The molecule has 5 heteroatoms. The number of benzene rings is 1. The van der Waals surface area contributed by atoms with Crippen LogP contribution in [0.4, 0.5) is 4.79 Å². The number of hydrogen-bond acceptors (Lipinski definition) is 3. The first-order valence-electron chi connectivity index (χ1n) is 7.50. The quantitative estimate of drug-likeness (QED) is 0.867. The van der Waals surface area contributed by atoms with Crippen LogP contribution >= 0.6 is 0 Å². The van der Waals surface area contributed by atoms with Crippen LogP contribution in [-0.2, 0) is 6.42 Å². The molecule has 1 aromatic carbocycles. The molecule has 2 amide bonds. The lowest BCUT2D eigenvalue weighted by atomic mass is 9.99. The molecule has 0 radical (unpaired) electrons. The number of nitrogens with one attached hydrogen (secondary N) is 1. The summed E-state index contributed by atoms with van der Waals surface area (Å²) in [5, 5.41) is 12.1. The van der Waals surface area contributed by atoms with Crippen molar-refractivity contribution >= 4 is 6.03 Å². The molecule has 0 aliphatic carbocycles. The molecule has 1 atom stereocenters. The van der Waals surface area contributed by atoms with Crippen LogP contribution in [0.3, 0.4) is 0 Å². The zero-order valence-electron chi connectivity index (χ0n) is 12.5. The molecule has 1 aliphatic heterocycles. The fraction of sp³-hybridized carbons (Fsp3) is 0.562.